The van der Waals surface area contributed by atoms with Gasteiger partial charge in [-0.25, -0.2) is 4.98 Å². The first-order chi connectivity index (χ1) is 8.36. The number of imidazole rings is 1. The Kier molecular flexibility index (Phi) is 2.48. The molecule has 4 nitrogen and oxygen atoms in total. The van der Waals surface area contributed by atoms with Crippen LogP contribution in [0.15, 0.2) is 36.7 Å². The second-order valence-electron chi connectivity index (χ2n) is 4.20. The largest absolute Gasteiger partial charge is 0.488 e. The maximum atomic E-state index is 5.90. The first-order valence-electron chi connectivity index (χ1n) is 5.80. The van der Waals surface area contributed by atoms with Crippen molar-refractivity contribution in [2.45, 2.75) is 19.1 Å². The normalized spacial score (nSPS) is 17.6. The van der Waals surface area contributed by atoms with E-state index in [0.29, 0.717) is 0 Å². The zero-order valence-electron chi connectivity index (χ0n) is 9.76. The van der Waals surface area contributed by atoms with Crippen LogP contribution in [0.25, 0.3) is 0 Å². The molecule has 0 radical (unpaired) electrons. The lowest BCUT2D eigenvalue weighted by atomic mass is 10.1. The van der Waals surface area contributed by atoms with Gasteiger partial charge in [-0.05, 0) is 11.6 Å². The SMILES string of the molecule is CNc1nccn1CC1Cc2ccccc2O1. The van der Waals surface area contributed by atoms with E-state index in [1.165, 1.54) is 5.56 Å². The van der Waals surface area contributed by atoms with Crippen LogP contribution < -0.4 is 10.1 Å². The van der Waals surface area contributed by atoms with Crippen LogP contribution in [-0.4, -0.2) is 22.7 Å². The Morgan fingerprint density at radius 3 is 3.18 bits per heavy atom. The molecule has 4 heteroatoms. The number of benzene rings is 1. The number of fused-ring (bicyclic) bond motifs is 1. The molecule has 1 atom stereocenters. The molecule has 0 saturated heterocycles. The zero-order valence-corrected chi connectivity index (χ0v) is 9.76. The van der Waals surface area contributed by atoms with Crippen molar-refractivity contribution in [3.8, 4) is 5.75 Å². The van der Waals surface area contributed by atoms with E-state index in [0.717, 1.165) is 24.7 Å². The maximum absolute atomic E-state index is 5.90. The average molecular weight is 229 g/mol. The maximum Gasteiger partial charge on any atom is 0.202 e. The fraction of sp³-hybridized carbons (Fsp3) is 0.308. The highest BCUT2D eigenvalue weighted by Gasteiger charge is 2.23. The van der Waals surface area contributed by atoms with E-state index in [1.54, 1.807) is 6.20 Å². The summed E-state index contributed by atoms with van der Waals surface area (Å²) in [7, 11) is 1.88. The predicted octanol–water partition coefficient (Wildman–Crippen LogP) is 1.93. The van der Waals surface area contributed by atoms with Crippen molar-refractivity contribution < 1.29 is 4.74 Å². The Labute approximate surface area is 100 Å². The minimum atomic E-state index is 0.202. The Balaban J connectivity index is 1.74. The molecule has 0 aliphatic carbocycles. The lowest BCUT2D eigenvalue weighted by Gasteiger charge is -2.13. The van der Waals surface area contributed by atoms with Gasteiger partial charge in [-0.3, -0.25) is 0 Å². The Morgan fingerprint density at radius 2 is 2.35 bits per heavy atom. The summed E-state index contributed by atoms with van der Waals surface area (Å²) in [5.74, 6) is 1.90. The van der Waals surface area contributed by atoms with Crippen molar-refractivity contribution >= 4 is 5.95 Å². The van der Waals surface area contributed by atoms with E-state index < -0.39 is 0 Å². The topological polar surface area (TPSA) is 39.1 Å². The molecule has 88 valence electrons. The lowest BCUT2D eigenvalue weighted by molar-refractivity contribution is 0.210. The molecular formula is C13H15N3O. The van der Waals surface area contributed by atoms with Gasteiger partial charge >= 0.3 is 0 Å². The molecule has 0 spiro atoms. The van der Waals surface area contributed by atoms with Crippen LogP contribution in [-0.2, 0) is 13.0 Å². The Hall–Kier alpha value is -1.97. The van der Waals surface area contributed by atoms with Crippen LogP contribution in [0.5, 0.6) is 5.75 Å². The van der Waals surface area contributed by atoms with Crippen molar-refractivity contribution in [1.82, 2.24) is 9.55 Å². The molecule has 0 saturated carbocycles. The Bertz CT molecular complexity index is 496. The minimum Gasteiger partial charge on any atom is -0.488 e. The molecule has 0 amide bonds. The standard InChI is InChI=1S/C13H15N3O/c1-14-13-15-6-7-16(13)9-11-8-10-4-2-3-5-12(10)17-11/h2-7,11H,8-9H2,1H3,(H,14,15). The fourth-order valence-electron chi connectivity index (χ4n) is 2.26. The highest BCUT2D eigenvalue weighted by Crippen LogP contribution is 2.29. The number of para-hydroxylation sites is 1. The van der Waals surface area contributed by atoms with E-state index >= 15 is 0 Å². The van der Waals surface area contributed by atoms with Gasteiger partial charge in [0.1, 0.15) is 11.9 Å². The molecule has 17 heavy (non-hydrogen) atoms. The van der Waals surface area contributed by atoms with Gasteiger partial charge < -0.3 is 14.6 Å². The van der Waals surface area contributed by atoms with Crippen molar-refractivity contribution in [1.29, 1.82) is 0 Å². The quantitative estimate of drug-likeness (QED) is 0.874. The Morgan fingerprint density at radius 1 is 1.47 bits per heavy atom. The number of aromatic nitrogens is 2. The number of nitrogens with zero attached hydrogens (tertiary/aromatic N) is 2. The van der Waals surface area contributed by atoms with E-state index in [-0.39, 0.29) is 6.10 Å². The summed E-state index contributed by atoms with van der Waals surface area (Å²) in [5, 5.41) is 3.07. The summed E-state index contributed by atoms with van der Waals surface area (Å²) in [4.78, 5) is 4.22. The minimum absolute atomic E-state index is 0.202. The molecule has 2 aromatic rings. The highest BCUT2D eigenvalue weighted by atomic mass is 16.5. The number of rotatable bonds is 3. The smallest absolute Gasteiger partial charge is 0.202 e. The molecule has 2 heterocycles. The van der Waals surface area contributed by atoms with Gasteiger partial charge in [0.25, 0.3) is 0 Å². The summed E-state index contributed by atoms with van der Waals surface area (Å²) >= 11 is 0. The highest BCUT2D eigenvalue weighted by molar-refractivity contribution is 5.37. The van der Waals surface area contributed by atoms with Crippen molar-refractivity contribution in [2.24, 2.45) is 0 Å². The van der Waals surface area contributed by atoms with Crippen LogP contribution in [0.4, 0.5) is 5.95 Å². The number of anilines is 1. The molecule has 0 bridgehead atoms. The van der Waals surface area contributed by atoms with Gasteiger partial charge in [-0.2, -0.15) is 0 Å². The monoisotopic (exact) mass is 229 g/mol. The van der Waals surface area contributed by atoms with Crippen LogP contribution in [0.1, 0.15) is 5.56 Å². The average Bonchev–Trinajstić information content (AvgIpc) is 2.94. The molecule has 1 N–H and O–H groups in total. The summed E-state index contributed by atoms with van der Waals surface area (Å²) in [6, 6.07) is 8.22. The summed E-state index contributed by atoms with van der Waals surface area (Å²) in [6.45, 7) is 0.824. The number of hydrogen-bond acceptors (Lipinski definition) is 3. The third-order valence-corrected chi connectivity index (χ3v) is 3.05. The van der Waals surface area contributed by atoms with E-state index in [2.05, 4.69) is 27.0 Å². The number of nitrogens with one attached hydrogen (secondary N) is 1. The zero-order chi connectivity index (χ0) is 11.7. The molecule has 1 aromatic heterocycles. The van der Waals surface area contributed by atoms with Crippen molar-refractivity contribution in [3.63, 3.8) is 0 Å². The van der Waals surface area contributed by atoms with Crippen molar-refractivity contribution in [2.75, 3.05) is 12.4 Å². The lowest BCUT2D eigenvalue weighted by Crippen LogP contribution is -2.21. The molecule has 1 aliphatic rings. The second kappa shape index (κ2) is 4.13. The number of hydrogen-bond donors (Lipinski definition) is 1. The third kappa shape index (κ3) is 1.86. The third-order valence-electron chi connectivity index (χ3n) is 3.05. The first kappa shape index (κ1) is 10.2. The van der Waals surface area contributed by atoms with E-state index in [4.69, 9.17) is 4.74 Å². The van der Waals surface area contributed by atoms with Crippen LogP contribution in [0.2, 0.25) is 0 Å². The molecule has 1 unspecified atom stereocenters. The fourth-order valence-corrected chi connectivity index (χ4v) is 2.26. The van der Waals surface area contributed by atoms with Crippen LogP contribution in [0.3, 0.4) is 0 Å². The van der Waals surface area contributed by atoms with Gasteiger partial charge in [0.2, 0.25) is 5.95 Å². The molecule has 0 fully saturated rings. The van der Waals surface area contributed by atoms with Crippen LogP contribution >= 0.6 is 0 Å². The summed E-state index contributed by atoms with van der Waals surface area (Å²) in [5.41, 5.74) is 1.30. The van der Waals surface area contributed by atoms with Gasteiger partial charge in [-0.1, -0.05) is 18.2 Å². The second-order valence-corrected chi connectivity index (χ2v) is 4.20. The summed E-state index contributed by atoms with van der Waals surface area (Å²) in [6.07, 6.45) is 4.94. The van der Waals surface area contributed by atoms with Crippen LogP contribution in [0, 0.1) is 0 Å². The first-order valence-corrected chi connectivity index (χ1v) is 5.80. The van der Waals surface area contributed by atoms with E-state index in [1.807, 2.05) is 25.4 Å². The van der Waals surface area contributed by atoms with Gasteiger partial charge in [-0.15, -0.1) is 0 Å². The molecule has 1 aromatic carbocycles. The van der Waals surface area contributed by atoms with Gasteiger partial charge in [0.05, 0.1) is 6.54 Å². The van der Waals surface area contributed by atoms with Gasteiger partial charge in [0, 0.05) is 25.9 Å². The predicted molar refractivity (Wildman–Crippen MR) is 66.3 cm³/mol. The van der Waals surface area contributed by atoms with Gasteiger partial charge in [0.15, 0.2) is 0 Å². The molecule has 3 rings (SSSR count). The molecule has 1 aliphatic heterocycles. The van der Waals surface area contributed by atoms with E-state index in [9.17, 15) is 0 Å². The molecular weight excluding hydrogens is 214 g/mol. The van der Waals surface area contributed by atoms with Crippen molar-refractivity contribution in [3.05, 3.63) is 42.2 Å². The summed E-state index contributed by atoms with van der Waals surface area (Å²) < 4.78 is 7.98. The number of ether oxygens (including phenoxy) is 1.